The van der Waals surface area contributed by atoms with E-state index in [4.69, 9.17) is 31.0 Å². The van der Waals surface area contributed by atoms with Crippen LogP contribution >= 0.6 is 11.6 Å². The van der Waals surface area contributed by atoms with Crippen LogP contribution in [0.4, 0.5) is 23.0 Å². The quantitative estimate of drug-likeness (QED) is 0.198. The van der Waals surface area contributed by atoms with E-state index in [9.17, 15) is 13.2 Å². The number of ether oxygens (including phenoxy) is 2. The molecule has 0 bridgehead atoms. The zero-order valence-corrected chi connectivity index (χ0v) is 24.6. The van der Waals surface area contributed by atoms with Crippen molar-refractivity contribution in [3.8, 4) is 11.5 Å². The van der Waals surface area contributed by atoms with Crippen LogP contribution in [-0.2, 0) is 10.0 Å². The number of rotatable bonds is 9. The fraction of sp³-hybridized carbons (Fsp3) is 0.167. The summed E-state index contributed by atoms with van der Waals surface area (Å²) in [6, 6.07) is 17.5. The van der Waals surface area contributed by atoms with Gasteiger partial charge in [0.15, 0.2) is 11.6 Å². The molecule has 216 valence electrons. The minimum atomic E-state index is -4.15. The van der Waals surface area contributed by atoms with Crippen molar-refractivity contribution in [3.05, 3.63) is 94.8 Å². The summed E-state index contributed by atoms with van der Waals surface area (Å²) in [5.74, 6) is 0.925. The Morgan fingerprint density at radius 1 is 0.929 bits per heavy atom. The van der Waals surface area contributed by atoms with E-state index >= 15 is 0 Å². The molecule has 0 fully saturated rings. The van der Waals surface area contributed by atoms with E-state index in [1.807, 2.05) is 19.1 Å². The summed E-state index contributed by atoms with van der Waals surface area (Å²) in [5.41, 5.74) is 2.55. The van der Waals surface area contributed by atoms with Gasteiger partial charge < -0.3 is 20.1 Å². The van der Waals surface area contributed by atoms with Crippen molar-refractivity contribution in [1.29, 1.82) is 0 Å². The second kappa shape index (κ2) is 12.1. The molecule has 0 saturated carbocycles. The molecule has 1 atom stereocenters. The van der Waals surface area contributed by atoms with Gasteiger partial charge in [-0.05, 0) is 55.0 Å². The minimum Gasteiger partial charge on any atom is -0.497 e. The number of sulfonamides is 1. The Balaban J connectivity index is 1.47. The summed E-state index contributed by atoms with van der Waals surface area (Å²) in [7, 11) is -1.08. The second-order valence-corrected chi connectivity index (χ2v) is 11.7. The third kappa shape index (κ3) is 6.48. The maximum atomic E-state index is 13.6. The van der Waals surface area contributed by atoms with Gasteiger partial charge in [-0.3, -0.25) is 9.52 Å². The Morgan fingerprint density at radius 3 is 2.33 bits per heavy atom. The molecule has 1 aromatic heterocycles. The van der Waals surface area contributed by atoms with Crippen LogP contribution in [0.2, 0.25) is 5.02 Å². The summed E-state index contributed by atoms with van der Waals surface area (Å²) in [4.78, 5) is 22.0. The first-order chi connectivity index (χ1) is 20.1. The molecule has 12 heteroatoms. The van der Waals surface area contributed by atoms with E-state index in [0.717, 1.165) is 6.42 Å². The van der Waals surface area contributed by atoms with E-state index in [2.05, 4.69) is 15.4 Å². The lowest BCUT2D eigenvalue weighted by atomic mass is 9.96. The molecule has 1 aliphatic carbocycles. The number of benzene rings is 3. The number of carbonyl (C=O) groups excluding carboxylic acids is 1. The predicted molar refractivity (Wildman–Crippen MR) is 164 cm³/mol. The number of hydrogen-bond donors (Lipinski definition) is 3. The summed E-state index contributed by atoms with van der Waals surface area (Å²) >= 11 is 5.91. The first-order valence-electron chi connectivity index (χ1n) is 12.9. The molecule has 3 aromatic carbocycles. The normalized spacial score (nSPS) is 14.0. The zero-order chi connectivity index (χ0) is 29.9. The summed E-state index contributed by atoms with van der Waals surface area (Å²) in [6.07, 6.45) is 4.63. The highest BCUT2D eigenvalue weighted by atomic mass is 35.5. The topological polar surface area (TPSA) is 132 Å². The lowest BCUT2D eigenvalue weighted by molar-refractivity contribution is 0.102. The molecule has 3 N–H and O–H groups in total. The molecule has 4 aromatic rings. The Hall–Kier alpha value is -4.61. The molecule has 1 amide bonds. The number of aromatic nitrogens is 2. The SMILES string of the molecule is COc1cc(Nc2nc3c(nc2NS(=O)(=O)c2cccc(NC(=O)c4ccc(Cl)cc4)c2)C(C)CC=C3)cc(OC)c1. The van der Waals surface area contributed by atoms with Crippen molar-refractivity contribution in [2.75, 3.05) is 29.6 Å². The van der Waals surface area contributed by atoms with Crippen LogP contribution in [-0.4, -0.2) is 38.5 Å². The third-order valence-electron chi connectivity index (χ3n) is 6.54. The number of allylic oxidation sites excluding steroid dienone is 1. The van der Waals surface area contributed by atoms with Crippen LogP contribution in [0.3, 0.4) is 0 Å². The largest absolute Gasteiger partial charge is 0.497 e. The van der Waals surface area contributed by atoms with Crippen LogP contribution in [0.5, 0.6) is 11.5 Å². The molecule has 1 heterocycles. The zero-order valence-electron chi connectivity index (χ0n) is 23.0. The molecule has 10 nitrogen and oxygen atoms in total. The Morgan fingerprint density at radius 2 is 1.64 bits per heavy atom. The van der Waals surface area contributed by atoms with Gasteiger partial charge in [-0.1, -0.05) is 30.7 Å². The van der Waals surface area contributed by atoms with Gasteiger partial charge in [0, 0.05) is 46.1 Å². The Bertz CT molecular complexity index is 1760. The molecule has 0 aliphatic heterocycles. The maximum Gasteiger partial charge on any atom is 0.263 e. The third-order valence-corrected chi connectivity index (χ3v) is 8.13. The van der Waals surface area contributed by atoms with Crippen molar-refractivity contribution in [2.24, 2.45) is 0 Å². The highest BCUT2D eigenvalue weighted by Crippen LogP contribution is 2.34. The van der Waals surface area contributed by atoms with Gasteiger partial charge in [0.05, 0.1) is 30.5 Å². The van der Waals surface area contributed by atoms with Crippen LogP contribution in [0.25, 0.3) is 6.08 Å². The van der Waals surface area contributed by atoms with E-state index in [-0.39, 0.29) is 22.4 Å². The Labute approximate surface area is 248 Å². The first-order valence-corrected chi connectivity index (χ1v) is 14.8. The average Bonchev–Trinajstić information content (AvgIpc) is 2.98. The number of fused-ring (bicyclic) bond motifs is 1. The van der Waals surface area contributed by atoms with E-state index in [1.54, 1.807) is 54.6 Å². The molecule has 1 aliphatic rings. The van der Waals surface area contributed by atoms with E-state index in [0.29, 0.717) is 44.8 Å². The smallest absolute Gasteiger partial charge is 0.263 e. The van der Waals surface area contributed by atoms with Gasteiger partial charge in [-0.15, -0.1) is 0 Å². The predicted octanol–water partition coefficient (Wildman–Crippen LogP) is 6.46. The molecule has 0 radical (unpaired) electrons. The maximum absolute atomic E-state index is 13.6. The molecule has 5 rings (SSSR count). The number of anilines is 4. The van der Waals surface area contributed by atoms with E-state index < -0.39 is 15.9 Å². The van der Waals surface area contributed by atoms with Gasteiger partial charge in [-0.2, -0.15) is 0 Å². The average molecular weight is 606 g/mol. The van der Waals surface area contributed by atoms with Crippen LogP contribution in [0.1, 0.15) is 41.0 Å². The van der Waals surface area contributed by atoms with Gasteiger partial charge in [0.25, 0.3) is 15.9 Å². The van der Waals surface area contributed by atoms with Crippen molar-refractivity contribution in [3.63, 3.8) is 0 Å². The van der Waals surface area contributed by atoms with Gasteiger partial charge >= 0.3 is 0 Å². The summed E-state index contributed by atoms with van der Waals surface area (Å²) in [6.45, 7) is 2.00. The van der Waals surface area contributed by atoms with Gasteiger partial charge in [0.2, 0.25) is 0 Å². The first kappa shape index (κ1) is 28.9. The molecular weight excluding hydrogens is 578 g/mol. The summed E-state index contributed by atoms with van der Waals surface area (Å²) in [5, 5.41) is 6.38. The molecule has 1 unspecified atom stereocenters. The fourth-order valence-corrected chi connectivity index (χ4v) is 5.53. The second-order valence-electron chi connectivity index (χ2n) is 9.55. The van der Waals surface area contributed by atoms with Crippen molar-refractivity contribution in [1.82, 2.24) is 9.97 Å². The van der Waals surface area contributed by atoms with Crippen molar-refractivity contribution >= 4 is 56.6 Å². The van der Waals surface area contributed by atoms with Crippen molar-refractivity contribution in [2.45, 2.75) is 24.2 Å². The lowest BCUT2D eigenvalue weighted by Crippen LogP contribution is -2.19. The molecule has 0 saturated heterocycles. The Kier molecular flexibility index (Phi) is 8.32. The van der Waals surface area contributed by atoms with Crippen LogP contribution in [0.15, 0.2) is 77.7 Å². The highest BCUT2D eigenvalue weighted by Gasteiger charge is 2.24. The molecule has 0 spiro atoms. The van der Waals surface area contributed by atoms with Gasteiger partial charge in [0.1, 0.15) is 11.5 Å². The minimum absolute atomic E-state index is 0.0216. The number of nitrogens with one attached hydrogen (secondary N) is 3. The summed E-state index contributed by atoms with van der Waals surface area (Å²) < 4.78 is 40.6. The van der Waals surface area contributed by atoms with Crippen LogP contribution in [0, 0.1) is 0 Å². The molecular formula is C30H28ClN5O5S. The number of hydrogen-bond acceptors (Lipinski definition) is 8. The number of methoxy groups -OCH3 is 2. The number of halogens is 1. The van der Waals surface area contributed by atoms with E-state index in [1.165, 1.54) is 26.4 Å². The fourth-order valence-electron chi connectivity index (χ4n) is 4.35. The van der Waals surface area contributed by atoms with Crippen molar-refractivity contribution < 1.29 is 22.7 Å². The van der Waals surface area contributed by atoms with Gasteiger partial charge in [-0.25, -0.2) is 18.4 Å². The number of amides is 1. The number of nitrogens with zero attached hydrogens (tertiary/aromatic N) is 2. The monoisotopic (exact) mass is 605 g/mol. The number of carbonyl (C=O) groups is 1. The molecule has 42 heavy (non-hydrogen) atoms. The highest BCUT2D eigenvalue weighted by molar-refractivity contribution is 7.92. The standard InChI is InChI=1S/C30H28ClN5O5S/c1-18-6-4-9-26-27(18)35-29(28(34-26)32-22-14-23(40-2)17-24(15-22)41-3)36-42(38,39)25-8-5-7-21(16-25)33-30(37)19-10-12-20(31)13-11-19/h4-5,7-18H,6H2,1-3H3,(H,32,34)(H,33,37)(H,35,36). The van der Waals surface area contributed by atoms with Crippen LogP contribution < -0.4 is 24.8 Å². The lowest BCUT2D eigenvalue weighted by Gasteiger charge is -2.20.